The van der Waals surface area contributed by atoms with Crippen molar-refractivity contribution in [2.75, 3.05) is 16.8 Å². The molecule has 3 aromatic carbocycles. The lowest BCUT2D eigenvalue weighted by Gasteiger charge is -2.32. The third-order valence-electron chi connectivity index (χ3n) is 4.53. The number of hydrogen-bond acceptors (Lipinski definition) is 4. The molecule has 1 heterocycles. The van der Waals surface area contributed by atoms with Crippen molar-refractivity contribution >= 4 is 32.8 Å². The van der Waals surface area contributed by atoms with Crippen LogP contribution in [0.25, 0.3) is 0 Å². The normalized spacial score (nSPS) is 14.2. The minimum absolute atomic E-state index is 0.0113. The van der Waals surface area contributed by atoms with Gasteiger partial charge in [-0.05, 0) is 43.3 Å². The van der Waals surface area contributed by atoms with Crippen LogP contribution in [0.2, 0.25) is 0 Å². The molecule has 0 aliphatic carbocycles. The van der Waals surface area contributed by atoms with E-state index in [4.69, 9.17) is 0 Å². The van der Waals surface area contributed by atoms with Gasteiger partial charge in [-0.3, -0.25) is 4.79 Å². The van der Waals surface area contributed by atoms with Crippen LogP contribution >= 0.6 is 0 Å². The van der Waals surface area contributed by atoms with Gasteiger partial charge in [0.25, 0.3) is 0 Å². The molecule has 1 aliphatic rings. The van der Waals surface area contributed by atoms with Crippen LogP contribution in [0.4, 0.5) is 17.1 Å². The fourth-order valence-corrected chi connectivity index (χ4v) is 4.87. The number of aryl methyl sites for hydroxylation is 1. The van der Waals surface area contributed by atoms with Gasteiger partial charge in [0.05, 0.1) is 21.2 Å². The first-order chi connectivity index (χ1) is 13.0. The Bertz CT molecular complexity index is 1070. The number of carbonyl (C=O) groups excluding carboxylic acids is 1. The predicted octanol–water partition coefficient (Wildman–Crippen LogP) is 3.92. The van der Waals surface area contributed by atoms with Crippen LogP contribution in [-0.2, 0) is 14.6 Å². The number of nitrogens with zero attached hydrogens (tertiary/aromatic N) is 1. The average molecular weight is 378 g/mol. The van der Waals surface area contributed by atoms with Gasteiger partial charge in [-0.15, -0.1) is 0 Å². The van der Waals surface area contributed by atoms with Gasteiger partial charge in [0, 0.05) is 5.69 Å². The van der Waals surface area contributed by atoms with Gasteiger partial charge in [-0.2, -0.15) is 0 Å². The number of sulfone groups is 1. The molecule has 0 saturated heterocycles. The van der Waals surface area contributed by atoms with E-state index in [-0.39, 0.29) is 22.2 Å². The molecular formula is C21H18N2O3S. The quantitative estimate of drug-likeness (QED) is 0.750. The standard InChI is InChI=1S/C21H18N2O3S/c1-15-10-12-16(13-11-15)22-21(24)14-23-17-6-2-4-8-19(17)27(25,26)20-9-5-3-7-18(20)23/h2-13H,14H2,1H3,(H,22,24). The highest BCUT2D eigenvalue weighted by molar-refractivity contribution is 7.92. The largest absolute Gasteiger partial charge is 0.330 e. The molecule has 136 valence electrons. The van der Waals surface area contributed by atoms with Gasteiger partial charge in [0.1, 0.15) is 6.54 Å². The highest BCUT2D eigenvalue weighted by Crippen LogP contribution is 2.43. The second kappa shape index (κ2) is 6.55. The Morgan fingerprint density at radius 2 is 1.37 bits per heavy atom. The number of fused-ring (bicyclic) bond motifs is 2. The molecule has 3 aromatic rings. The highest BCUT2D eigenvalue weighted by Gasteiger charge is 2.34. The number of hydrogen-bond donors (Lipinski definition) is 1. The first-order valence-electron chi connectivity index (χ1n) is 8.54. The van der Waals surface area contributed by atoms with Crippen molar-refractivity contribution in [3.05, 3.63) is 78.4 Å². The summed E-state index contributed by atoms with van der Waals surface area (Å²) >= 11 is 0. The topological polar surface area (TPSA) is 66.5 Å². The molecule has 1 N–H and O–H groups in total. The SMILES string of the molecule is Cc1ccc(NC(=O)CN2c3ccccc3S(=O)(=O)c3ccccc32)cc1. The summed E-state index contributed by atoms with van der Waals surface area (Å²) in [7, 11) is -3.61. The molecule has 5 nitrogen and oxygen atoms in total. The summed E-state index contributed by atoms with van der Waals surface area (Å²) in [5.41, 5.74) is 2.83. The fraction of sp³-hybridized carbons (Fsp3) is 0.0952. The first kappa shape index (κ1) is 17.3. The summed E-state index contributed by atoms with van der Waals surface area (Å²) in [4.78, 5) is 14.8. The van der Waals surface area contributed by atoms with E-state index in [1.165, 1.54) is 0 Å². The molecule has 0 spiro atoms. The molecule has 0 fully saturated rings. The van der Waals surface area contributed by atoms with Crippen LogP contribution in [0.1, 0.15) is 5.56 Å². The zero-order valence-corrected chi connectivity index (χ0v) is 15.5. The lowest BCUT2D eigenvalue weighted by molar-refractivity contribution is -0.114. The summed E-state index contributed by atoms with van der Waals surface area (Å²) < 4.78 is 25.8. The monoisotopic (exact) mass is 378 g/mol. The summed E-state index contributed by atoms with van der Waals surface area (Å²) in [6, 6.07) is 21.1. The smallest absolute Gasteiger partial charge is 0.244 e. The highest BCUT2D eigenvalue weighted by atomic mass is 32.2. The Morgan fingerprint density at radius 3 is 1.93 bits per heavy atom. The Morgan fingerprint density at radius 1 is 0.852 bits per heavy atom. The molecule has 0 unspecified atom stereocenters. The van der Waals surface area contributed by atoms with Gasteiger partial charge in [-0.1, -0.05) is 42.0 Å². The average Bonchev–Trinajstić information content (AvgIpc) is 2.67. The Kier molecular flexibility index (Phi) is 4.20. The zero-order chi connectivity index (χ0) is 19.0. The van der Waals surface area contributed by atoms with Crippen molar-refractivity contribution in [3.8, 4) is 0 Å². The third-order valence-corrected chi connectivity index (χ3v) is 6.38. The Balaban J connectivity index is 1.71. The minimum atomic E-state index is -3.61. The number of anilines is 3. The number of amides is 1. The number of para-hydroxylation sites is 2. The Hall–Kier alpha value is -3.12. The van der Waals surface area contributed by atoms with Crippen molar-refractivity contribution in [3.63, 3.8) is 0 Å². The number of carbonyl (C=O) groups is 1. The summed E-state index contributed by atoms with van der Waals surface area (Å²) in [5, 5.41) is 2.87. The number of nitrogens with one attached hydrogen (secondary N) is 1. The van der Waals surface area contributed by atoms with Crippen molar-refractivity contribution in [1.29, 1.82) is 0 Å². The van der Waals surface area contributed by atoms with Crippen LogP contribution in [-0.4, -0.2) is 20.9 Å². The molecule has 0 atom stereocenters. The van der Waals surface area contributed by atoms with Crippen molar-refractivity contribution in [2.24, 2.45) is 0 Å². The van der Waals surface area contributed by atoms with Crippen molar-refractivity contribution in [1.82, 2.24) is 0 Å². The summed E-state index contributed by atoms with van der Waals surface area (Å²) in [6.45, 7) is 1.99. The predicted molar refractivity (Wildman–Crippen MR) is 105 cm³/mol. The van der Waals surface area contributed by atoms with E-state index in [0.717, 1.165) is 5.56 Å². The summed E-state index contributed by atoms with van der Waals surface area (Å²) in [5.74, 6) is -0.220. The van der Waals surface area contributed by atoms with Crippen LogP contribution in [0.5, 0.6) is 0 Å². The lowest BCUT2D eigenvalue weighted by Crippen LogP contribution is -2.33. The third kappa shape index (κ3) is 3.08. The van der Waals surface area contributed by atoms with Gasteiger partial charge < -0.3 is 10.2 Å². The fourth-order valence-electron chi connectivity index (χ4n) is 3.21. The van der Waals surface area contributed by atoms with E-state index in [2.05, 4.69) is 5.32 Å². The minimum Gasteiger partial charge on any atom is -0.330 e. The molecule has 0 bridgehead atoms. The molecule has 1 aliphatic heterocycles. The molecule has 0 aromatic heterocycles. The van der Waals surface area contributed by atoms with Crippen LogP contribution < -0.4 is 10.2 Å². The maximum atomic E-state index is 12.9. The molecule has 1 amide bonds. The Labute approximate surface area is 158 Å². The van der Waals surface area contributed by atoms with Crippen molar-refractivity contribution < 1.29 is 13.2 Å². The van der Waals surface area contributed by atoms with Gasteiger partial charge in [0.15, 0.2) is 0 Å². The lowest BCUT2D eigenvalue weighted by atomic mass is 10.2. The van der Waals surface area contributed by atoms with E-state index in [9.17, 15) is 13.2 Å². The zero-order valence-electron chi connectivity index (χ0n) is 14.7. The molecule has 4 rings (SSSR count). The molecular weight excluding hydrogens is 360 g/mol. The second-order valence-electron chi connectivity index (χ2n) is 6.44. The van der Waals surface area contributed by atoms with Crippen LogP contribution in [0, 0.1) is 6.92 Å². The maximum Gasteiger partial charge on any atom is 0.244 e. The second-order valence-corrected chi connectivity index (χ2v) is 8.33. The van der Waals surface area contributed by atoms with Gasteiger partial charge in [0.2, 0.25) is 15.7 Å². The van der Waals surface area contributed by atoms with Crippen molar-refractivity contribution in [2.45, 2.75) is 16.7 Å². The van der Waals surface area contributed by atoms with E-state index in [0.29, 0.717) is 17.1 Å². The summed E-state index contributed by atoms with van der Waals surface area (Å²) in [6.07, 6.45) is 0. The van der Waals surface area contributed by atoms with Crippen LogP contribution in [0.15, 0.2) is 82.6 Å². The van der Waals surface area contributed by atoms with Gasteiger partial charge >= 0.3 is 0 Å². The molecule has 0 radical (unpaired) electrons. The van der Waals surface area contributed by atoms with Gasteiger partial charge in [-0.25, -0.2) is 8.42 Å². The van der Waals surface area contributed by atoms with E-state index < -0.39 is 9.84 Å². The van der Waals surface area contributed by atoms with E-state index >= 15 is 0 Å². The number of benzene rings is 3. The maximum absolute atomic E-state index is 12.9. The first-order valence-corrected chi connectivity index (χ1v) is 10.0. The molecule has 6 heteroatoms. The van der Waals surface area contributed by atoms with E-state index in [1.807, 2.05) is 31.2 Å². The molecule has 0 saturated carbocycles. The molecule has 27 heavy (non-hydrogen) atoms. The number of rotatable bonds is 3. The van der Waals surface area contributed by atoms with E-state index in [1.54, 1.807) is 53.4 Å². The van der Waals surface area contributed by atoms with Crippen LogP contribution in [0.3, 0.4) is 0 Å².